The van der Waals surface area contributed by atoms with Crippen LogP contribution in [0.15, 0.2) is 21.6 Å². The molecule has 0 aromatic carbocycles. The predicted molar refractivity (Wildman–Crippen MR) is 49.3 cm³/mol. The van der Waals surface area contributed by atoms with Crippen molar-refractivity contribution in [1.82, 2.24) is 4.98 Å². The molecule has 0 aliphatic rings. The Morgan fingerprint density at radius 1 is 1.73 bits per heavy atom. The maximum absolute atomic E-state index is 11.0. The summed E-state index contributed by atoms with van der Waals surface area (Å²) < 4.78 is 11.8. The number of rotatable bonds is 1. The monoisotopic (exact) mass is 253 g/mol. The Morgan fingerprint density at radius 3 is 2.82 bits per heavy atom. The SMILES string of the molecule is CS(=O)c1cc(Br)cnc1Cl. The molecule has 2 nitrogen and oxygen atoms in total. The molecular weight excluding hydrogens is 249 g/mol. The van der Waals surface area contributed by atoms with Crippen molar-refractivity contribution in [2.45, 2.75) is 4.90 Å². The fourth-order valence-electron chi connectivity index (χ4n) is 0.606. The zero-order chi connectivity index (χ0) is 8.43. The minimum absolute atomic E-state index is 0.300. The van der Waals surface area contributed by atoms with Crippen LogP contribution in [0.4, 0.5) is 0 Å². The first kappa shape index (κ1) is 9.16. The Hall–Kier alpha value is 0.0700. The molecule has 1 rings (SSSR count). The highest BCUT2D eigenvalue weighted by atomic mass is 79.9. The summed E-state index contributed by atoms with van der Waals surface area (Å²) >= 11 is 8.88. The largest absolute Gasteiger partial charge is 0.255 e. The fourth-order valence-corrected chi connectivity index (χ4v) is 2.10. The molecule has 0 aliphatic carbocycles. The average molecular weight is 255 g/mol. The van der Waals surface area contributed by atoms with E-state index >= 15 is 0 Å². The van der Waals surface area contributed by atoms with Crippen molar-refractivity contribution in [3.8, 4) is 0 Å². The summed E-state index contributed by atoms with van der Waals surface area (Å²) in [4.78, 5) is 4.38. The van der Waals surface area contributed by atoms with E-state index in [9.17, 15) is 4.21 Å². The predicted octanol–water partition coefficient (Wildman–Crippen LogP) is 2.23. The zero-order valence-electron chi connectivity index (χ0n) is 5.67. The van der Waals surface area contributed by atoms with Gasteiger partial charge in [-0.05, 0) is 22.0 Å². The lowest BCUT2D eigenvalue weighted by Crippen LogP contribution is -1.90. The molecule has 0 bridgehead atoms. The van der Waals surface area contributed by atoms with Crippen molar-refractivity contribution in [1.29, 1.82) is 0 Å². The van der Waals surface area contributed by atoms with Crippen LogP contribution in [0.5, 0.6) is 0 Å². The lowest BCUT2D eigenvalue weighted by Gasteiger charge is -1.98. The van der Waals surface area contributed by atoms with Gasteiger partial charge >= 0.3 is 0 Å². The first-order chi connectivity index (χ1) is 5.11. The highest BCUT2D eigenvalue weighted by Gasteiger charge is 2.04. The summed E-state index contributed by atoms with van der Waals surface area (Å²) in [6, 6.07) is 1.70. The van der Waals surface area contributed by atoms with Crippen LogP contribution in [0.3, 0.4) is 0 Å². The van der Waals surface area contributed by atoms with Gasteiger partial charge in [0.1, 0.15) is 5.15 Å². The van der Waals surface area contributed by atoms with Gasteiger partial charge in [-0.2, -0.15) is 0 Å². The van der Waals surface area contributed by atoms with Gasteiger partial charge in [-0.15, -0.1) is 0 Å². The number of hydrogen-bond donors (Lipinski definition) is 0. The van der Waals surface area contributed by atoms with Gasteiger partial charge in [0.25, 0.3) is 0 Å². The minimum Gasteiger partial charge on any atom is -0.255 e. The highest BCUT2D eigenvalue weighted by Crippen LogP contribution is 2.20. The van der Waals surface area contributed by atoms with Crippen LogP contribution in [-0.2, 0) is 10.8 Å². The van der Waals surface area contributed by atoms with Crippen molar-refractivity contribution in [3.05, 3.63) is 21.9 Å². The van der Waals surface area contributed by atoms with E-state index < -0.39 is 10.8 Å². The Bertz CT molecular complexity index is 305. The van der Waals surface area contributed by atoms with E-state index in [-0.39, 0.29) is 0 Å². The van der Waals surface area contributed by atoms with Gasteiger partial charge in [-0.1, -0.05) is 11.6 Å². The molecular formula is C6H5BrClNOS. The van der Waals surface area contributed by atoms with Crippen molar-refractivity contribution in [2.24, 2.45) is 0 Å². The van der Waals surface area contributed by atoms with Crippen molar-refractivity contribution < 1.29 is 4.21 Å². The molecule has 1 unspecified atom stereocenters. The van der Waals surface area contributed by atoms with E-state index in [1.807, 2.05) is 0 Å². The van der Waals surface area contributed by atoms with E-state index in [1.54, 1.807) is 18.5 Å². The quantitative estimate of drug-likeness (QED) is 0.720. The summed E-state index contributed by atoms with van der Waals surface area (Å²) in [6.45, 7) is 0. The molecule has 0 fully saturated rings. The number of hydrogen-bond acceptors (Lipinski definition) is 2. The maximum Gasteiger partial charge on any atom is 0.145 e. The summed E-state index contributed by atoms with van der Waals surface area (Å²) in [6.07, 6.45) is 3.13. The van der Waals surface area contributed by atoms with Crippen LogP contribution in [0.1, 0.15) is 0 Å². The number of pyridine rings is 1. The minimum atomic E-state index is -1.08. The van der Waals surface area contributed by atoms with Crippen LogP contribution in [0.2, 0.25) is 5.15 Å². The second-order valence-corrected chi connectivity index (χ2v) is 4.52. The Kier molecular flexibility index (Phi) is 3.04. The summed E-state index contributed by atoms with van der Waals surface area (Å²) in [5, 5.41) is 0.300. The molecule has 0 aliphatic heterocycles. The van der Waals surface area contributed by atoms with Gasteiger partial charge in [0.2, 0.25) is 0 Å². The van der Waals surface area contributed by atoms with Gasteiger partial charge in [-0.3, -0.25) is 4.21 Å². The van der Waals surface area contributed by atoms with Gasteiger partial charge in [0.15, 0.2) is 0 Å². The molecule has 0 radical (unpaired) electrons. The number of aromatic nitrogens is 1. The number of halogens is 2. The summed E-state index contributed by atoms with van der Waals surface area (Å²) in [7, 11) is -1.08. The van der Waals surface area contributed by atoms with Crippen molar-refractivity contribution in [2.75, 3.05) is 6.26 Å². The molecule has 1 aromatic rings. The van der Waals surface area contributed by atoms with Crippen molar-refractivity contribution in [3.63, 3.8) is 0 Å². The Labute approximate surface area is 80.6 Å². The normalized spacial score (nSPS) is 13.0. The standard InChI is InChI=1S/C6H5BrClNOS/c1-11(10)5-2-4(7)3-9-6(5)8/h2-3H,1H3. The summed E-state index contributed by atoms with van der Waals surface area (Å²) in [5.41, 5.74) is 0. The van der Waals surface area contributed by atoms with E-state index in [2.05, 4.69) is 20.9 Å². The van der Waals surface area contributed by atoms with Gasteiger partial charge in [0, 0.05) is 16.9 Å². The molecule has 5 heteroatoms. The lowest BCUT2D eigenvalue weighted by atomic mass is 10.5. The molecule has 1 aromatic heterocycles. The fraction of sp³-hybridized carbons (Fsp3) is 0.167. The number of nitrogens with zero attached hydrogens (tertiary/aromatic N) is 1. The zero-order valence-corrected chi connectivity index (χ0v) is 8.83. The molecule has 0 saturated heterocycles. The molecule has 0 saturated carbocycles. The van der Waals surface area contributed by atoms with Crippen LogP contribution >= 0.6 is 27.5 Å². The molecule has 0 amide bonds. The van der Waals surface area contributed by atoms with Crippen molar-refractivity contribution >= 4 is 38.3 Å². The second kappa shape index (κ2) is 3.65. The Morgan fingerprint density at radius 2 is 2.36 bits per heavy atom. The lowest BCUT2D eigenvalue weighted by molar-refractivity contribution is 0.686. The first-order valence-corrected chi connectivity index (χ1v) is 5.48. The second-order valence-electron chi connectivity index (χ2n) is 1.90. The van der Waals surface area contributed by atoms with Crippen LogP contribution < -0.4 is 0 Å². The molecule has 1 heterocycles. The smallest absolute Gasteiger partial charge is 0.145 e. The van der Waals surface area contributed by atoms with E-state index in [4.69, 9.17) is 11.6 Å². The van der Waals surface area contributed by atoms with E-state index in [0.717, 1.165) is 4.47 Å². The molecule has 0 spiro atoms. The van der Waals surface area contributed by atoms with Crippen LogP contribution in [0, 0.1) is 0 Å². The third-order valence-corrected chi connectivity index (χ3v) is 2.86. The molecule has 60 valence electrons. The third kappa shape index (κ3) is 2.25. The van der Waals surface area contributed by atoms with Crippen LogP contribution in [0.25, 0.3) is 0 Å². The summed E-state index contributed by atoms with van der Waals surface area (Å²) in [5.74, 6) is 0. The topological polar surface area (TPSA) is 30.0 Å². The van der Waals surface area contributed by atoms with Gasteiger partial charge < -0.3 is 0 Å². The first-order valence-electron chi connectivity index (χ1n) is 2.75. The highest BCUT2D eigenvalue weighted by molar-refractivity contribution is 9.10. The molecule has 0 N–H and O–H groups in total. The van der Waals surface area contributed by atoms with Gasteiger partial charge in [-0.25, -0.2) is 4.98 Å². The molecule has 1 atom stereocenters. The van der Waals surface area contributed by atoms with E-state index in [1.165, 1.54) is 0 Å². The third-order valence-electron chi connectivity index (χ3n) is 1.08. The maximum atomic E-state index is 11.0. The van der Waals surface area contributed by atoms with Crippen LogP contribution in [-0.4, -0.2) is 15.4 Å². The van der Waals surface area contributed by atoms with Gasteiger partial charge in [0.05, 0.1) is 15.7 Å². The average Bonchev–Trinajstić information content (AvgIpc) is 1.94. The molecule has 11 heavy (non-hydrogen) atoms. The Balaban J connectivity index is 3.23. The van der Waals surface area contributed by atoms with E-state index in [0.29, 0.717) is 10.0 Å².